The number of aryl methyl sites for hydroxylation is 1. The third kappa shape index (κ3) is 4.18. The Labute approximate surface area is 203 Å². The first-order valence-electron chi connectivity index (χ1n) is 11.4. The Morgan fingerprint density at radius 3 is 2.54 bits per heavy atom. The van der Waals surface area contributed by atoms with E-state index in [9.17, 15) is 4.39 Å². The molecule has 35 heavy (non-hydrogen) atoms. The molecule has 0 spiro atoms. The van der Waals surface area contributed by atoms with Crippen LogP contribution in [-0.2, 0) is 11.8 Å². The second kappa shape index (κ2) is 8.65. The van der Waals surface area contributed by atoms with Gasteiger partial charge in [0.05, 0.1) is 12.8 Å². The highest BCUT2D eigenvalue weighted by atomic mass is 19.1. The molecule has 4 aromatic rings. The van der Waals surface area contributed by atoms with Crippen molar-refractivity contribution in [1.29, 1.82) is 0 Å². The highest BCUT2D eigenvalue weighted by Gasteiger charge is 2.40. The lowest BCUT2D eigenvalue weighted by molar-refractivity contribution is 0.410. The topological polar surface area (TPSA) is 81.0 Å². The Balaban J connectivity index is 1.53. The maximum Gasteiger partial charge on any atom is 0.180 e. The van der Waals surface area contributed by atoms with Crippen LogP contribution in [0.1, 0.15) is 36.5 Å². The summed E-state index contributed by atoms with van der Waals surface area (Å²) < 4.78 is 21.0. The molecule has 0 bridgehead atoms. The van der Waals surface area contributed by atoms with Crippen molar-refractivity contribution in [2.24, 2.45) is 0 Å². The van der Waals surface area contributed by atoms with Gasteiger partial charge in [-0.05, 0) is 42.8 Å². The normalized spacial score (nSPS) is 14.2. The minimum absolute atomic E-state index is 0.185. The Hall–Kier alpha value is -4.01. The summed E-state index contributed by atoms with van der Waals surface area (Å²) in [6, 6.07) is 8.47. The zero-order chi connectivity index (χ0) is 24.7. The monoisotopic (exact) mass is 473 g/mol. The first-order valence-corrected chi connectivity index (χ1v) is 11.4. The second-order valence-corrected chi connectivity index (χ2v) is 9.35. The molecule has 9 heteroatoms. The Morgan fingerprint density at radius 2 is 1.89 bits per heavy atom. The fourth-order valence-corrected chi connectivity index (χ4v) is 4.59. The van der Waals surface area contributed by atoms with Crippen LogP contribution in [0.5, 0.6) is 5.75 Å². The highest BCUT2D eigenvalue weighted by molar-refractivity contribution is 5.74. The van der Waals surface area contributed by atoms with Gasteiger partial charge in [0, 0.05) is 49.1 Å². The van der Waals surface area contributed by atoms with Gasteiger partial charge in [-0.2, -0.15) is 0 Å². The molecular weight excluding hydrogens is 445 g/mol. The minimum Gasteiger partial charge on any atom is -0.493 e. The fourth-order valence-electron chi connectivity index (χ4n) is 4.59. The number of methoxy groups -OCH3 is 1. The van der Waals surface area contributed by atoms with E-state index >= 15 is 0 Å². The molecule has 0 radical (unpaired) electrons. The summed E-state index contributed by atoms with van der Waals surface area (Å²) in [5, 5.41) is 3.26. The number of hydrogen-bond donors (Lipinski definition) is 1. The Kier molecular flexibility index (Phi) is 5.62. The molecule has 1 aliphatic heterocycles. The van der Waals surface area contributed by atoms with Crippen molar-refractivity contribution in [1.82, 2.24) is 24.5 Å². The number of pyridine rings is 1. The van der Waals surface area contributed by atoms with E-state index in [-0.39, 0.29) is 11.2 Å². The summed E-state index contributed by atoms with van der Waals surface area (Å²) in [6.07, 6.45) is 5.91. The summed E-state index contributed by atoms with van der Waals surface area (Å²) in [7, 11) is 3.50. The smallest absolute Gasteiger partial charge is 0.180 e. The lowest BCUT2D eigenvalue weighted by Crippen LogP contribution is -2.25. The van der Waals surface area contributed by atoms with Gasteiger partial charge in [0.15, 0.2) is 11.6 Å². The maximum atomic E-state index is 13.6. The number of fused-ring (bicyclic) bond motifs is 1. The molecule has 1 N–H and O–H groups in total. The zero-order valence-electron chi connectivity index (χ0n) is 20.5. The first-order chi connectivity index (χ1) is 16.8. The quantitative estimate of drug-likeness (QED) is 0.439. The number of nitrogens with zero attached hydrogens (tertiary/aromatic N) is 6. The number of anilines is 3. The van der Waals surface area contributed by atoms with Crippen LogP contribution < -0.4 is 15.0 Å². The number of halogens is 1. The third-order valence-electron chi connectivity index (χ3n) is 6.23. The summed E-state index contributed by atoms with van der Waals surface area (Å²) in [5.41, 5.74) is 3.59. The van der Waals surface area contributed by atoms with E-state index in [0.29, 0.717) is 23.8 Å². The van der Waals surface area contributed by atoms with Crippen LogP contribution in [0.15, 0.2) is 49.1 Å². The highest BCUT2D eigenvalue weighted by Crippen LogP contribution is 2.46. The number of imidazole rings is 1. The number of nitrogens with one attached hydrogen (secondary N) is 1. The predicted octanol–water partition coefficient (Wildman–Crippen LogP) is 4.58. The van der Waals surface area contributed by atoms with Crippen LogP contribution in [0.25, 0.3) is 5.82 Å². The average Bonchev–Trinajstić information content (AvgIpc) is 3.39. The van der Waals surface area contributed by atoms with Crippen LogP contribution in [0, 0.1) is 12.7 Å². The van der Waals surface area contributed by atoms with Crippen LogP contribution >= 0.6 is 0 Å². The second-order valence-electron chi connectivity index (χ2n) is 9.35. The van der Waals surface area contributed by atoms with Crippen molar-refractivity contribution in [3.8, 4) is 11.6 Å². The third-order valence-corrected chi connectivity index (χ3v) is 6.23. The molecule has 0 aliphatic carbocycles. The van der Waals surface area contributed by atoms with Crippen molar-refractivity contribution in [2.75, 3.05) is 30.9 Å². The predicted molar refractivity (Wildman–Crippen MR) is 133 cm³/mol. The van der Waals surface area contributed by atoms with Gasteiger partial charge in [-0.15, -0.1) is 0 Å². The van der Waals surface area contributed by atoms with E-state index in [4.69, 9.17) is 14.7 Å². The zero-order valence-corrected chi connectivity index (χ0v) is 20.5. The van der Waals surface area contributed by atoms with Crippen LogP contribution in [0.4, 0.5) is 21.7 Å². The van der Waals surface area contributed by atoms with Gasteiger partial charge in [-0.1, -0.05) is 13.8 Å². The van der Waals surface area contributed by atoms with Crippen molar-refractivity contribution in [2.45, 2.75) is 32.6 Å². The molecule has 0 saturated heterocycles. The van der Waals surface area contributed by atoms with E-state index < -0.39 is 0 Å². The van der Waals surface area contributed by atoms with Crippen LogP contribution in [0.2, 0.25) is 0 Å². The van der Waals surface area contributed by atoms with Gasteiger partial charge in [-0.25, -0.2) is 24.3 Å². The van der Waals surface area contributed by atoms with Gasteiger partial charge in [-0.3, -0.25) is 4.57 Å². The molecule has 3 aromatic heterocycles. The molecule has 4 heterocycles. The standard InChI is InChI=1S/C26H28FN7O/c1-16-13-33(15-30-16)24-20(35-5)10-17(12-29-24)11-21-31-23(28-4)22-25(32-21)34(14-26(22,2)3)19-8-6-18(27)7-9-19/h6-10,12-13,15H,11,14H2,1-5H3,(H,28,31,32). The van der Waals surface area contributed by atoms with E-state index in [0.717, 1.165) is 40.7 Å². The minimum atomic E-state index is -0.262. The largest absolute Gasteiger partial charge is 0.493 e. The fraction of sp³-hybridized carbons (Fsp3) is 0.308. The number of hydrogen-bond acceptors (Lipinski definition) is 7. The van der Waals surface area contributed by atoms with Gasteiger partial charge in [0.2, 0.25) is 0 Å². The Bertz CT molecular complexity index is 1380. The number of rotatable bonds is 6. The van der Waals surface area contributed by atoms with E-state index in [1.807, 2.05) is 37.0 Å². The summed E-state index contributed by atoms with van der Waals surface area (Å²) in [5.74, 6) is 3.35. The van der Waals surface area contributed by atoms with E-state index in [2.05, 4.69) is 34.0 Å². The molecule has 8 nitrogen and oxygen atoms in total. The molecule has 0 unspecified atom stereocenters. The van der Waals surface area contributed by atoms with Gasteiger partial charge < -0.3 is 15.0 Å². The first kappa shape index (κ1) is 22.8. The summed E-state index contributed by atoms with van der Waals surface area (Å²) >= 11 is 0. The molecule has 0 atom stereocenters. The lowest BCUT2D eigenvalue weighted by atomic mass is 9.88. The van der Waals surface area contributed by atoms with Crippen molar-refractivity contribution >= 4 is 17.3 Å². The molecule has 180 valence electrons. The maximum absolute atomic E-state index is 13.6. The number of benzene rings is 1. The van der Waals surface area contributed by atoms with Crippen molar-refractivity contribution < 1.29 is 9.13 Å². The molecular formula is C26H28FN7O. The van der Waals surface area contributed by atoms with Crippen LogP contribution in [-0.4, -0.2) is 45.2 Å². The summed E-state index contributed by atoms with van der Waals surface area (Å²) in [4.78, 5) is 20.8. The van der Waals surface area contributed by atoms with Gasteiger partial charge in [0.1, 0.15) is 29.6 Å². The molecule has 0 amide bonds. The SMILES string of the molecule is CNc1nc(Cc2cnc(-n3cnc(C)c3)c(OC)c2)nc2c1C(C)(C)CN2c1ccc(F)cc1. The number of aromatic nitrogens is 5. The Morgan fingerprint density at radius 1 is 1.11 bits per heavy atom. The molecule has 0 saturated carbocycles. The molecule has 1 aromatic carbocycles. The van der Waals surface area contributed by atoms with Crippen LogP contribution in [0.3, 0.4) is 0 Å². The summed E-state index contributed by atoms with van der Waals surface area (Å²) in [6.45, 7) is 6.99. The van der Waals surface area contributed by atoms with Crippen molar-refractivity contribution in [3.05, 3.63) is 77.5 Å². The average molecular weight is 474 g/mol. The van der Waals surface area contributed by atoms with Gasteiger partial charge in [0.25, 0.3) is 0 Å². The van der Waals surface area contributed by atoms with Crippen molar-refractivity contribution in [3.63, 3.8) is 0 Å². The van der Waals surface area contributed by atoms with E-state index in [1.54, 1.807) is 25.6 Å². The van der Waals surface area contributed by atoms with Gasteiger partial charge >= 0.3 is 0 Å². The lowest BCUT2D eigenvalue weighted by Gasteiger charge is -2.21. The molecule has 1 aliphatic rings. The molecule has 5 rings (SSSR count). The number of ether oxygens (including phenoxy) is 1. The molecule has 0 fully saturated rings. The van der Waals surface area contributed by atoms with E-state index in [1.165, 1.54) is 12.1 Å².